The van der Waals surface area contributed by atoms with Crippen molar-refractivity contribution in [3.63, 3.8) is 0 Å². The van der Waals surface area contributed by atoms with E-state index in [1.54, 1.807) is 6.92 Å². The predicted octanol–water partition coefficient (Wildman–Crippen LogP) is 3.40. The number of hydrogen-bond acceptors (Lipinski definition) is 3. The number of halogens is 5. The minimum atomic E-state index is -5.81. The van der Waals surface area contributed by atoms with Crippen LogP contribution in [0.2, 0.25) is 0 Å². The van der Waals surface area contributed by atoms with Gasteiger partial charge in [-0.25, -0.2) is 4.79 Å². The highest BCUT2D eigenvalue weighted by molar-refractivity contribution is 5.89. The first-order valence-corrected chi connectivity index (χ1v) is 5.08. The highest BCUT2D eigenvalue weighted by Gasteiger charge is 2.61. The molecule has 0 unspecified atom stereocenters. The molecule has 1 aromatic rings. The summed E-state index contributed by atoms with van der Waals surface area (Å²) in [4.78, 5) is 11.2. The number of carbonyl (C=O) groups excluding carboxylic acids is 1. The van der Waals surface area contributed by atoms with Crippen molar-refractivity contribution in [2.45, 2.75) is 19.2 Å². The number of rotatable bonds is 4. The summed E-state index contributed by atoms with van der Waals surface area (Å²) in [6, 6.07) is 3.71. The van der Waals surface area contributed by atoms with Crippen LogP contribution in [0.3, 0.4) is 0 Å². The fraction of sp³-hybridized carbons (Fsp3) is 0.364. The van der Waals surface area contributed by atoms with E-state index < -0.39 is 24.0 Å². The molecule has 0 aliphatic rings. The maximum atomic E-state index is 12.6. The summed E-state index contributed by atoms with van der Waals surface area (Å²) in [7, 11) is 0. The fourth-order valence-electron chi connectivity index (χ4n) is 1.08. The molecule has 0 heterocycles. The maximum absolute atomic E-state index is 12.6. The van der Waals surface area contributed by atoms with Crippen LogP contribution >= 0.6 is 0 Å². The molecule has 0 radical (unpaired) electrons. The van der Waals surface area contributed by atoms with Gasteiger partial charge in [0.25, 0.3) is 0 Å². The first kappa shape index (κ1) is 15.2. The Morgan fingerprint density at radius 2 is 1.63 bits per heavy atom. The van der Waals surface area contributed by atoms with E-state index in [2.05, 4.69) is 9.47 Å². The predicted molar refractivity (Wildman–Crippen MR) is 54.0 cm³/mol. The van der Waals surface area contributed by atoms with Gasteiger partial charge in [-0.05, 0) is 31.2 Å². The summed E-state index contributed by atoms with van der Waals surface area (Å²) in [5.74, 6) is -1.42. The van der Waals surface area contributed by atoms with Crippen molar-refractivity contribution in [3.8, 4) is 5.75 Å². The summed E-state index contributed by atoms with van der Waals surface area (Å²) in [5, 5.41) is 0. The zero-order valence-corrected chi connectivity index (χ0v) is 9.63. The Morgan fingerprint density at radius 3 is 2.05 bits per heavy atom. The summed E-state index contributed by atoms with van der Waals surface area (Å²) in [6.07, 6.45) is -11.1. The first-order chi connectivity index (χ1) is 8.67. The van der Waals surface area contributed by atoms with Gasteiger partial charge in [0.15, 0.2) is 0 Å². The Labute approximate surface area is 104 Å². The summed E-state index contributed by atoms with van der Waals surface area (Å²) < 4.78 is 68.9. The molecule has 0 aromatic heterocycles. The molecule has 106 valence electrons. The molecule has 0 atom stereocenters. The van der Waals surface area contributed by atoms with Crippen LogP contribution in [0, 0.1) is 0 Å². The topological polar surface area (TPSA) is 35.5 Å². The zero-order valence-electron chi connectivity index (χ0n) is 9.63. The molecule has 0 N–H and O–H groups in total. The Bertz CT molecular complexity index is 439. The van der Waals surface area contributed by atoms with Gasteiger partial charge in [0.1, 0.15) is 5.75 Å². The maximum Gasteiger partial charge on any atom is 0.499 e. The van der Waals surface area contributed by atoms with Crippen molar-refractivity contribution in [2.75, 3.05) is 6.61 Å². The second-order valence-corrected chi connectivity index (χ2v) is 3.36. The van der Waals surface area contributed by atoms with Gasteiger partial charge in [0.2, 0.25) is 0 Å². The lowest BCUT2D eigenvalue weighted by Crippen LogP contribution is -2.41. The molecule has 0 spiro atoms. The van der Waals surface area contributed by atoms with Gasteiger partial charge in [-0.1, -0.05) is 0 Å². The summed E-state index contributed by atoms with van der Waals surface area (Å²) in [5.41, 5.74) is 0.0181. The molecule has 1 rings (SSSR count). The molecule has 0 amide bonds. The van der Waals surface area contributed by atoms with Gasteiger partial charge in [-0.3, -0.25) is 0 Å². The zero-order chi connectivity index (χ0) is 14.7. The highest BCUT2D eigenvalue weighted by atomic mass is 19.4. The molecule has 0 fully saturated rings. The molecule has 8 heteroatoms. The fourth-order valence-corrected chi connectivity index (χ4v) is 1.08. The van der Waals surface area contributed by atoms with Crippen LogP contribution in [0.1, 0.15) is 17.3 Å². The van der Waals surface area contributed by atoms with E-state index in [9.17, 15) is 26.7 Å². The van der Waals surface area contributed by atoms with Crippen molar-refractivity contribution in [3.05, 3.63) is 29.8 Å². The van der Waals surface area contributed by atoms with E-state index in [0.29, 0.717) is 0 Å². The van der Waals surface area contributed by atoms with Gasteiger partial charge in [-0.15, -0.1) is 0 Å². The standard InChI is InChI=1S/C11H9F5O3/c1-2-18-9(17)7-3-5-8(6-4-7)19-11(15,16)10(12,13)14/h3-6H,2H2,1H3. The number of benzene rings is 1. The third-order valence-corrected chi connectivity index (χ3v) is 1.94. The van der Waals surface area contributed by atoms with Crippen LogP contribution in [-0.4, -0.2) is 24.9 Å². The highest BCUT2D eigenvalue weighted by Crippen LogP contribution is 2.37. The normalized spacial score (nSPS) is 12.1. The van der Waals surface area contributed by atoms with E-state index in [1.807, 2.05) is 0 Å². The van der Waals surface area contributed by atoms with E-state index in [1.165, 1.54) is 0 Å². The average Bonchev–Trinajstić information content (AvgIpc) is 2.28. The van der Waals surface area contributed by atoms with Crippen molar-refractivity contribution >= 4 is 5.97 Å². The lowest BCUT2D eigenvalue weighted by atomic mass is 10.2. The van der Waals surface area contributed by atoms with E-state index in [4.69, 9.17) is 0 Å². The quantitative estimate of drug-likeness (QED) is 0.628. The molecular formula is C11H9F5O3. The number of alkyl halides is 5. The monoisotopic (exact) mass is 284 g/mol. The second-order valence-electron chi connectivity index (χ2n) is 3.36. The molecule has 19 heavy (non-hydrogen) atoms. The van der Waals surface area contributed by atoms with Crippen LogP contribution in [0.15, 0.2) is 24.3 Å². The van der Waals surface area contributed by atoms with Gasteiger partial charge < -0.3 is 9.47 Å². The van der Waals surface area contributed by atoms with Crippen LogP contribution in [0.5, 0.6) is 5.75 Å². The SMILES string of the molecule is CCOC(=O)c1ccc(OC(F)(F)C(F)(F)F)cc1. The summed E-state index contributed by atoms with van der Waals surface area (Å²) >= 11 is 0. The first-order valence-electron chi connectivity index (χ1n) is 5.08. The Balaban J connectivity index is 2.81. The third kappa shape index (κ3) is 3.80. The summed E-state index contributed by atoms with van der Waals surface area (Å²) in [6.45, 7) is 1.68. The van der Waals surface area contributed by atoms with Crippen molar-refractivity contribution in [2.24, 2.45) is 0 Å². The number of carbonyl (C=O) groups is 1. The largest absolute Gasteiger partial charge is 0.499 e. The minimum absolute atomic E-state index is 0.0181. The van der Waals surface area contributed by atoms with Crippen LogP contribution in [0.25, 0.3) is 0 Å². The Morgan fingerprint density at radius 1 is 1.11 bits per heavy atom. The molecule has 0 aliphatic carbocycles. The van der Waals surface area contributed by atoms with Crippen molar-refractivity contribution in [1.82, 2.24) is 0 Å². The Hall–Kier alpha value is -1.86. The van der Waals surface area contributed by atoms with Gasteiger partial charge in [0, 0.05) is 0 Å². The lowest BCUT2D eigenvalue weighted by molar-refractivity contribution is -0.360. The molecule has 0 bridgehead atoms. The lowest BCUT2D eigenvalue weighted by Gasteiger charge is -2.20. The second kappa shape index (κ2) is 5.41. The molecule has 3 nitrogen and oxygen atoms in total. The molecule has 0 saturated heterocycles. The van der Waals surface area contributed by atoms with Crippen LogP contribution < -0.4 is 4.74 Å². The number of ether oxygens (including phenoxy) is 2. The smallest absolute Gasteiger partial charge is 0.462 e. The molecule has 0 aliphatic heterocycles. The average molecular weight is 284 g/mol. The van der Waals surface area contributed by atoms with Gasteiger partial charge in [-0.2, -0.15) is 22.0 Å². The minimum Gasteiger partial charge on any atom is -0.462 e. The van der Waals surface area contributed by atoms with E-state index in [-0.39, 0.29) is 12.2 Å². The van der Waals surface area contributed by atoms with E-state index >= 15 is 0 Å². The van der Waals surface area contributed by atoms with Crippen molar-refractivity contribution in [1.29, 1.82) is 0 Å². The third-order valence-electron chi connectivity index (χ3n) is 1.94. The van der Waals surface area contributed by atoms with E-state index in [0.717, 1.165) is 24.3 Å². The Kier molecular flexibility index (Phi) is 4.33. The van der Waals surface area contributed by atoms with Crippen molar-refractivity contribution < 1.29 is 36.2 Å². The molecule has 1 aromatic carbocycles. The number of esters is 1. The van der Waals surface area contributed by atoms with Gasteiger partial charge in [0.05, 0.1) is 12.2 Å². The van der Waals surface area contributed by atoms with Crippen LogP contribution in [0.4, 0.5) is 22.0 Å². The molecular weight excluding hydrogens is 275 g/mol. The van der Waals surface area contributed by atoms with Crippen LogP contribution in [-0.2, 0) is 4.74 Å². The van der Waals surface area contributed by atoms with Gasteiger partial charge >= 0.3 is 18.3 Å². The molecule has 0 saturated carbocycles. The number of hydrogen-bond donors (Lipinski definition) is 0.